The highest BCUT2D eigenvalue weighted by Crippen LogP contribution is 2.24. The molecule has 0 atom stereocenters. The normalized spacial score (nSPS) is 10.4. The fourth-order valence-electron chi connectivity index (χ4n) is 1.08. The van der Waals surface area contributed by atoms with Gasteiger partial charge in [-0.15, -0.1) is 0 Å². The standard InChI is InChI=1S/C9H6INO/c10-7-4-6-2-1-3-11-8(6)5-9(7)12/h1-5,12H. The molecule has 0 saturated carbocycles. The average molecular weight is 271 g/mol. The van der Waals surface area contributed by atoms with E-state index in [0.29, 0.717) is 5.75 Å². The number of nitrogens with zero attached hydrogens (tertiary/aromatic N) is 1. The van der Waals surface area contributed by atoms with E-state index in [1.807, 2.05) is 18.2 Å². The van der Waals surface area contributed by atoms with E-state index in [0.717, 1.165) is 14.5 Å². The van der Waals surface area contributed by atoms with Crippen LogP contribution in [0.4, 0.5) is 0 Å². The molecule has 12 heavy (non-hydrogen) atoms. The SMILES string of the molecule is Oc1cc2ncccc2cc1I. The Morgan fingerprint density at radius 1 is 1.33 bits per heavy atom. The van der Waals surface area contributed by atoms with Crippen LogP contribution in [0.3, 0.4) is 0 Å². The molecule has 0 saturated heterocycles. The van der Waals surface area contributed by atoms with Crippen LogP contribution in [0.5, 0.6) is 5.75 Å². The molecule has 60 valence electrons. The third kappa shape index (κ3) is 1.24. The molecule has 2 rings (SSSR count). The highest BCUT2D eigenvalue weighted by atomic mass is 127. The van der Waals surface area contributed by atoms with Gasteiger partial charge in [0, 0.05) is 17.6 Å². The molecule has 0 spiro atoms. The highest BCUT2D eigenvalue weighted by Gasteiger charge is 1.99. The summed E-state index contributed by atoms with van der Waals surface area (Å²) in [7, 11) is 0. The maximum atomic E-state index is 9.37. The largest absolute Gasteiger partial charge is 0.507 e. The van der Waals surface area contributed by atoms with Crippen LogP contribution in [0.2, 0.25) is 0 Å². The van der Waals surface area contributed by atoms with Crippen LogP contribution < -0.4 is 0 Å². The number of aromatic nitrogens is 1. The van der Waals surface area contributed by atoms with E-state index in [1.54, 1.807) is 12.3 Å². The number of phenols is 1. The maximum Gasteiger partial charge on any atom is 0.131 e. The minimum Gasteiger partial charge on any atom is -0.507 e. The summed E-state index contributed by atoms with van der Waals surface area (Å²) in [5, 5.41) is 10.4. The lowest BCUT2D eigenvalue weighted by atomic mass is 10.2. The molecule has 0 amide bonds. The van der Waals surface area contributed by atoms with Crippen molar-refractivity contribution in [1.82, 2.24) is 4.98 Å². The predicted octanol–water partition coefficient (Wildman–Crippen LogP) is 2.55. The molecule has 0 aliphatic carbocycles. The number of rotatable bonds is 0. The van der Waals surface area contributed by atoms with Gasteiger partial charge in [0.05, 0.1) is 9.09 Å². The van der Waals surface area contributed by atoms with Gasteiger partial charge in [0.15, 0.2) is 0 Å². The van der Waals surface area contributed by atoms with Crippen LogP contribution in [0, 0.1) is 3.57 Å². The summed E-state index contributed by atoms with van der Waals surface area (Å²) in [6, 6.07) is 7.45. The second-order valence-electron chi connectivity index (χ2n) is 2.50. The molecular weight excluding hydrogens is 265 g/mol. The average Bonchev–Trinajstić information content (AvgIpc) is 2.07. The van der Waals surface area contributed by atoms with Crippen molar-refractivity contribution in [3.05, 3.63) is 34.0 Å². The Bertz CT molecular complexity index is 387. The van der Waals surface area contributed by atoms with Crippen molar-refractivity contribution < 1.29 is 5.11 Å². The van der Waals surface area contributed by atoms with Gasteiger partial charge in [-0.05, 0) is 34.7 Å². The van der Waals surface area contributed by atoms with Crippen LogP contribution in [0.1, 0.15) is 0 Å². The summed E-state index contributed by atoms with van der Waals surface area (Å²) >= 11 is 2.09. The fourth-order valence-corrected chi connectivity index (χ4v) is 1.57. The van der Waals surface area contributed by atoms with Crippen molar-refractivity contribution in [2.24, 2.45) is 0 Å². The smallest absolute Gasteiger partial charge is 0.131 e. The molecule has 0 unspecified atom stereocenters. The van der Waals surface area contributed by atoms with E-state index < -0.39 is 0 Å². The van der Waals surface area contributed by atoms with Crippen molar-refractivity contribution >= 4 is 33.5 Å². The van der Waals surface area contributed by atoms with Crippen LogP contribution in [-0.4, -0.2) is 10.1 Å². The van der Waals surface area contributed by atoms with Gasteiger partial charge in [-0.25, -0.2) is 0 Å². The molecule has 0 aliphatic rings. The van der Waals surface area contributed by atoms with Gasteiger partial charge in [-0.3, -0.25) is 4.98 Å². The molecule has 3 heteroatoms. The molecule has 1 N–H and O–H groups in total. The first kappa shape index (κ1) is 7.79. The Kier molecular flexibility index (Phi) is 1.88. The van der Waals surface area contributed by atoms with Gasteiger partial charge in [-0.1, -0.05) is 6.07 Å². The Morgan fingerprint density at radius 3 is 3.00 bits per heavy atom. The van der Waals surface area contributed by atoms with E-state index in [-0.39, 0.29) is 0 Å². The van der Waals surface area contributed by atoms with Crippen LogP contribution in [0.25, 0.3) is 10.9 Å². The summed E-state index contributed by atoms with van der Waals surface area (Å²) in [4.78, 5) is 4.12. The van der Waals surface area contributed by atoms with E-state index >= 15 is 0 Å². The number of benzene rings is 1. The van der Waals surface area contributed by atoms with Gasteiger partial charge in [0.2, 0.25) is 0 Å². The minimum absolute atomic E-state index is 0.293. The van der Waals surface area contributed by atoms with Gasteiger partial charge >= 0.3 is 0 Å². The molecule has 1 aromatic carbocycles. The molecule has 0 bridgehead atoms. The topological polar surface area (TPSA) is 33.1 Å². The Labute approximate surface area is 83.4 Å². The zero-order chi connectivity index (χ0) is 8.55. The maximum absolute atomic E-state index is 9.37. The molecule has 0 fully saturated rings. The van der Waals surface area contributed by atoms with Gasteiger partial charge in [0.1, 0.15) is 5.75 Å². The number of fused-ring (bicyclic) bond motifs is 1. The van der Waals surface area contributed by atoms with Crippen molar-refractivity contribution in [3.63, 3.8) is 0 Å². The summed E-state index contributed by atoms with van der Waals surface area (Å²) in [5.41, 5.74) is 0.829. The van der Waals surface area contributed by atoms with Crippen LogP contribution in [0.15, 0.2) is 30.5 Å². The molecule has 0 aliphatic heterocycles. The van der Waals surface area contributed by atoms with E-state index in [2.05, 4.69) is 27.6 Å². The molecule has 0 radical (unpaired) electrons. The molecule has 2 aromatic rings. The van der Waals surface area contributed by atoms with E-state index in [1.165, 1.54) is 0 Å². The number of halogens is 1. The van der Waals surface area contributed by atoms with Crippen LogP contribution >= 0.6 is 22.6 Å². The first-order chi connectivity index (χ1) is 5.77. The molecular formula is C9H6INO. The minimum atomic E-state index is 0.293. The number of hydrogen-bond donors (Lipinski definition) is 1. The van der Waals surface area contributed by atoms with Crippen molar-refractivity contribution in [2.75, 3.05) is 0 Å². The number of aromatic hydroxyl groups is 1. The number of pyridine rings is 1. The lowest BCUT2D eigenvalue weighted by Crippen LogP contribution is -1.79. The van der Waals surface area contributed by atoms with Crippen molar-refractivity contribution in [2.45, 2.75) is 0 Å². The predicted molar refractivity (Wildman–Crippen MR) is 56.1 cm³/mol. The van der Waals surface area contributed by atoms with Gasteiger partial charge in [-0.2, -0.15) is 0 Å². The Morgan fingerprint density at radius 2 is 2.17 bits per heavy atom. The zero-order valence-corrected chi connectivity index (χ0v) is 8.32. The van der Waals surface area contributed by atoms with E-state index in [9.17, 15) is 5.11 Å². The lowest BCUT2D eigenvalue weighted by Gasteiger charge is -1.99. The Balaban J connectivity index is 2.84. The van der Waals surface area contributed by atoms with Crippen molar-refractivity contribution in [1.29, 1.82) is 0 Å². The van der Waals surface area contributed by atoms with Crippen LogP contribution in [-0.2, 0) is 0 Å². The summed E-state index contributed by atoms with van der Waals surface area (Å²) in [5.74, 6) is 0.293. The Hall–Kier alpha value is -0.840. The van der Waals surface area contributed by atoms with Crippen molar-refractivity contribution in [3.8, 4) is 5.75 Å². The summed E-state index contributed by atoms with van der Waals surface area (Å²) in [6.45, 7) is 0. The second kappa shape index (κ2) is 2.90. The second-order valence-corrected chi connectivity index (χ2v) is 3.66. The fraction of sp³-hybridized carbons (Fsp3) is 0. The molecule has 2 nitrogen and oxygen atoms in total. The highest BCUT2D eigenvalue weighted by molar-refractivity contribution is 14.1. The molecule has 1 heterocycles. The zero-order valence-electron chi connectivity index (χ0n) is 6.16. The first-order valence-electron chi connectivity index (χ1n) is 3.50. The summed E-state index contributed by atoms with van der Waals surface area (Å²) < 4.78 is 0.855. The van der Waals surface area contributed by atoms with Gasteiger partial charge < -0.3 is 5.11 Å². The van der Waals surface area contributed by atoms with E-state index in [4.69, 9.17) is 0 Å². The monoisotopic (exact) mass is 271 g/mol. The number of hydrogen-bond acceptors (Lipinski definition) is 2. The molecule has 1 aromatic heterocycles. The first-order valence-corrected chi connectivity index (χ1v) is 4.58. The third-order valence-electron chi connectivity index (χ3n) is 1.67. The number of phenolic OH excluding ortho intramolecular Hbond substituents is 1. The quantitative estimate of drug-likeness (QED) is 0.747. The summed E-state index contributed by atoms with van der Waals surface area (Å²) in [6.07, 6.45) is 1.72. The lowest BCUT2D eigenvalue weighted by molar-refractivity contribution is 0.472. The van der Waals surface area contributed by atoms with Gasteiger partial charge in [0.25, 0.3) is 0 Å². The third-order valence-corrected chi connectivity index (χ3v) is 2.54.